The second-order valence-electron chi connectivity index (χ2n) is 7.53. The summed E-state index contributed by atoms with van der Waals surface area (Å²) in [4.78, 5) is 19.8. The van der Waals surface area contributed by atoms with Gasteiger partial charge in [-0.05, 0) is 12.1 Å². The minimum Gasteiger partial charge on any atom is -0.356 e. The molecule has 4 rings (SSSR count). The lowest BCUT2D eigenvalue weighted by atomic mass is 9.80. The van der Waals surface area contributed by atoms with Crippen molar-refractivity contribution >= 4 is 11.7 Å². The monoisotopic (exact) mass is 375 g/mol. The largest absolute Gasteiger partial charge is 0.417 e. The van der Waals surface area contributed by atoms with Crippen LogP contribution in [-0.2, 0) is 11.0 Å². The molecular formula is C17H18F5N3O. The number of fused-ring (bicyclic) bond motifs is 1. The maximum atomic E-state index is 13.0. The van der Waals surface area contributed by atoms with Gasteiger partial charge in [-0.15, -0.1) is 0 Å². The fourth-order valence-electron chi connectivity index (χ4n) is 4.19. The number of nitrogens with zero attached hydrogens (tertiary/aromatic N) is 3. The lowest BCUT2D eigenvalue weighted by Gasteiger charge is -2.36. The van der Waals surface area contributed by atoms with Gasteiger partial charge in [0, 0.05) is 63.0 Å². The number of carbonyl (C=O) groups is 1. The molecule has 0 spiro atoms. The van der Waals surface area contributed by atoms with Crippen LogP contribution in [0.25, 0.3) is 0 Å². The first-order valence-electron chi connectivity index (χ1n) is 8.57. The van der Waals surface area contributed by atoms with Crippen LogP contribution in [0.2, 0.25) is 0 Å². The Balaban J connectivity index is 1.34. The third kappa shape index (κ3) is 3.12. The van der Waals surface area contributed by atoms with Crippen LogP contribution in [0.1, 0.15) is 18.4 Å². The van der Waals surface area contributed by atoms with Crippen molar-refractivity contribution in [3.63, 3.8) is 0 Å². The van der Waals surface area contributed by atoms with Crippen LogP contribution in [0.4, 0.5) is 27.8 Å². The van der Waals surface area contributed by atoms with Gasteiger partial charge in [0.2, 0.25) is 11.8 Å². The molecule has 2 aliphatic heterocycles. The van der Waals surface area contributed by atoms with Crippen molar-refractivity contribution in [1.82, 2.24) is 9.88 Å². The first kappa shape index (κ1) is 17.5. The molecule has 26 heavy (non-hydrogen) atoms. The van der Waals surface area contributed by atoms with Crippen molar-refractivity contribution in [2.24, 2.45) is 17.8 Å². The second-order valence-corrected chi connectivity index (χ2v) is 7.53. The van der Waals surface area contributed by atoms with E-state index in [1.807, 2.05) is 4.90 Å². The van der Waals surface area contributed by atoms with Gasteiger partial charge < -0.3 is 9.80 Å². The molecular weight excluding hydrogens is 357 g/mol. The van der Waals surface area contributed by atoms with E-state index in [0.717, 1.165) is 12.3 Å². The minimum atomic E-state index is -4.41. The highest BCUT2D eigenvalue weighted by Gasteiger charge is 2.52. The summed E-state index contributed by atoms with van der Waals surface area (Å²) in [5.74, 6) is -2.58. The van der Waals surface area contributed by atoms with Crippen molar-refractivity contribution in [3.05, 3.63) is 23.9 Å². The number of likely N-dealkylation sites (tertiary alicyclic amines) is 1. The van der Waals surface area contributed by atoms with Crippen LogP contribution < -0.4 is 4.90 Å². The van der Waals surface area contributed by atoms with Crippen LogP contribution >= 0.6 is 0 Å². The Kier molecular flexibility index (Phi) is 3.89. The first-order valence-corrected chi connectivity index (χ1v) is 8.57. The molecule has 4 nitrogen and oxygen atoms in total. The fourth-order valence-corrected chi connectivity index (χ4v) is 4.19. The molecule has 2 atom stereocenters. The van der Waals surface area contributed by atoms with Crippen LogP contribution in [-0.4, -0.2) is 47.9 Å². The second kappa shape index (κ2) is 5.79. The Bertz CT molecular complexity index is 683. The SMILES string of the molecule is O=C(C1CC(F)(F)C1)N1CC2CN(c3ccc(C(F)(F)F)cn3)CC2C1. The molecule has 3 heterocycles. The van der Waals surface area contributed by atoms with Gasteiger partial charge in [0.25, 0.3) is 0 Å². The van der Waals surface area contributed by atoms with E-state index in [1.165, 1.54) is 6.07 Å². The molecule has 1 aromatic rings. The number of alkyl halides is 5. The van der Waals surface area contributed by atoms with Crippen molar-refractivity contribution in [1.29, 1.82) is 0 Å². The van der Waals surface area contributed by atoms with E-state index >= 15 is 0 Å². The number of amides is 1. The van der Waals surface area contributed by atoms with Crippen LogP contribution in [0.5, 0.6) is 0 Å². The molecule has 1 aromatic heterocycles. The van der Waals surface area contributed by atoms with E-state index in [1.54, 1.807) is 4.90 Å². The van der Waals surface area contributed by atoms with E-state index in [2.05, 4.69) is 4.98 Å². The topological polar surface area (TPSA) is 36.4 Å². The highest BCUT2D eigenvalue weighted by atomic mass is 19.4. The zero-order valence-corrected chi connectivity index (χ0v) is 13.8. The number of anilines is 1. The predicted octanol–water partition coefficient (Wildman–Crippen LogP) is 3.04. The number of pyridine rings is 1. The molecule has 142 valence electrons. The van der Waals surface area contributed by atoms with Gasteiger partial charge in [-0.1, -0.05) is 0 Å². The Labute approximate surface area is 147 Å². The highest BCUT2D eigenvalue weighted by Crippen LogP contribution is 2.44. The van der Waals surface area contributed by atoms with E-state index in [0.29, 0.717) is 32.0 Å². The standard InChI is InChI=1S/C17H18F5N3O/c18-16(19)3-10(4-16)15(26)25-8-11-6-24(7-12(11)9-25)14-2-1-13(5-23-14)17(20,21)22/h1-2,5,10-12H,3-4,6-9H2. The molecule has 0 radical (unpaired) electrons. The third-order valence-corrected chi connectivity index (χ3v) is 5.64. The van der Waals surface area contributed by atoms with Gasteiger partial charge in [-0.2, -0.15) is 13.2 Å². The average Bonchev–Trinajstić information content (AvgIpc) is 3.10. The summed E-state index contributed by atoms with van der Waals surface area (Å²) in [5, 5.41) is 0. The van der Waals surface area contributed by atoms with Crippen LogP contribution in [0, 0.1) is 17.8 Å². The summed E-state index contributed by atoms with van der Waals surface area (Å²) in [7, 11) is 0. The summed E-state index contributed by atoms with van der Waals surface area (Å²) in [5.41, 5.74) is -0.783. The van der Waals surface area contributed by atoms with Gasteiger partial charge in [-0.3, -0.25) is 4.79 Å². The number of halogens is 5. The summed E-state index contributed by atoms with van der Waals surface area (Å²) >= 11 is 0. The van der Waals surface area contributed by atoms with Crippen molar-refractivity contribution in [3.8, 4) is 0 Å². The summed E-state index contributed by atoms with van der Waals surface area (Å²) in [6.45, 7) is 2.24. The van der Waals surface area contributed by atoms with Crippen LogP contribution in [0.3, 0.4) is 0 Å². The molecule has 0 aromatic carbocycles. The Hall–Kier alpha value is -1.93. The van der Waals surface area contributed by atoms with Gasteiger partial charge in [-0.25, -0.2) is 13.8 Å². The van der Waals surface area contributed by atoms with Crippen LogP contribution in [0.15, 0.2) is 18.3 Å². The van der Waals surface area contributed by atoms with Crippen molar-refractivity contribution in [2.75, 3.05) is 31.1 Å². The quantitative estimate of drug-likeness (QED) is 0.746. The van der Waals surface area contributed by atoms with Gasteiger partial charge >= 0.3 is 6.18 Å². The number of carbonyl (C=O) groups excluding carboxylic acids is 1. The smallest absolute Gasteiger partial charge is 0.356 e. The fraction of sp³-hybridized carbons (Fsp3) is 0.647. The molecule has 1 aliphatic carbocycles. The third-order valence-electron chi connectivity index (χ3n) is 5.64. The Morgan fingerprint density at radius 3 is 2.15 bits per heavy atom. The summed E-state index contributed by atoms with van der Waals surface area (Å²) in [6.07, 6.45) is -4.30. The van der Waals surface area contributed by atoms with E-state index in [4.69, 9.17) is 0 Å². The number of hydrogen-bond acceptors (Lipinski definition) is 3. The maximum Gasteiger partial charge on any atom is 0.417 e. The predicted molar refractivity (Wildman–Crippen MR) is 82.7 cm³/mol. The summed E-state index contributed by atoms with van der Waals surface area (Å²) < 4.78 is 63.7. The first-order chi connectivity index (χ1) is 12.1. The lowest BCUT2D eigenvalue weighted by Crippen LogP contribution is -2.46. The number of rotatable bonds is 2. The molecule has 3 aliphatic rings. The van der Waals surface area contributed by atoms with Gasteiger partial charge in [0.05, 0.1) is 5.56 Å². The average molecular weight is 375 g/mol. The summed E-state index contributed by atoms with van der Waals surface area (Å²) in [6, 6.07) is 2.38. The highest BCUT2D eigenvalue weighted by molar-refractivity contribution is 5.80. The molecule has 0 bridgehead atoms. The van der Waals surface area contributed by atoms with Crippen molar-refractivity contribution in [2.45, 2.75) is 24.9 Å². The Morgan fingerprint density at radius 2 is 1.69 bits per heavy atom. The zero-order valence-electron chi connectivity index (χ0n) is 13.8. The lowest BCUT2D eigenvalue weighted by molar-refractivity contribution is -0.159. The molecule has 0 N–H and O–H groups in total. The molecule has 2 saturated heterocycles. The van der Waals surface area contributed by atoms with E-state index < -0.39 is 23.6 Å². The minimum absolute atomic E-state index is 0.190. The van der Waals surface area contributed by atoms with Crippen molar-refractivity contribution < 1.29 is 26.7 Å². The number of aromatic nitrogens is 1. The zero-order chi connectivity index (χ0) is 18.7. The molecule has 3 fully saturated rings. The van der Waals surface area contributed by atoms with Gasteiger partial charge in [0.1, 0.15) is 5.82 Å². The molecule has 9 heteroatoms. The van der Waals surface area contributed by atoms with E-state index in [9.17, 15) is 26.7 Å². The van der Waals surface area contributed by atoms with Gasteiger partial charge in [0.15, 0.2) is 0 Å². The Morgan fingerprint density at radius 1 is 1.08 bits per heavy atom. The maximum absolute atomic E-state index is 13.0. The molecule has 1 amide bonds. The van der Waals surface area contributed by atoms with E-state index in [-0.39, 0.29) is 30.6 Å². The number of hydrogen-bond donors (Lipinski definition) is 0. The molecule has 2 unspecified atom stereocenters. The molecule has 1 saturated carbocycles. The normalized spacial score (nSPS) is 28.2.